The smallest absolute Gasteiger partial charge is 0.327 e. The minimum atomic E-state index is -0.719. The Morgan fingerprint density at radius 3 is 2.79 bits per heavy atom. The second kappa shape index (κ2) is 11.3. The Balaban J connectivity index is 1.19. The summed E-state index contributed by atoms with van der Waals surface area (Å²) in [5, 5.41) is 23.5. The van der Waals surface area contributed by atoms with Crippen molar-refractivity contribution in [2.45, 2.75) is 51.4 Å². The lowest BCUT2D eigenvalue weighted by molar-refractivity contribution is -0.222. The molecule has 1 aromatic rings. The number of benzene rings is 1. The van der Waals surface area contributed by atoms with Crippen molar-refractivity contribution >= 4 is 17.6 Å². The molecule has 0 bridgehead atoms. The number of hydrogen-bond donors (Lipinski definition) is 3. The summed E-state index contributed by atoms with van der Waals surface area (Å²) < 4.78 is 19.6. The van der Waals surface area contributed by atoms with E-state index in [4.69, 9.17) is 10.00 Å². The number of carbonyl (C=O) groups is 2. The lowest BCUT2D eigenvalue weighted by Crippen LogP contribution is -2.61. The molecule has 3 N–H and O–H groups in total. The molecule has 2 heterocycles. The largest absolute Gasteiger partial charge is 0.373 e. The van der Waals surface area contributed by atoms with Gasteiger partial charge in [-0.25, -0.2) is 9.18 Å². The third-order valence-corrected chi connectivity index (χ3v) is 7.45. The number of hydroxylamine groups is 1. The first-order valence-electron chi connectivity index (χ1n) is 13.3. The molecule has 2 saturated heterocycles. The van der Waals surface area contributed by atoms with Crippen molar-refractivity contribution in [3.63, 3.8) is 0 Å². The molecule has 11 nitrogen and oxygen atoms in total. The predicted molar refractivity (Wildman–Crippen MR) is 139 cm³/mol. The van der Waals surface area contributed by atoms with E-state index in [-0.39, 0.29) is 35.3 Å². The highest BCUT2D eigenvalue weighted by Crippen LogP contribution is 2.35. The van der Waals surface area contributed by atoms with Crippen LogP contribution in [0.2, 0.25) is 0 Å². The Morgan fingerprint density at radius 1 is 1.31 bits per heavy atom. The first-order chi connectivity index (χ1) is 18.7. The van der Waals surface area contributed by atoms with Crippen molar-refractivity contribution in [2.75, 3.05) is 38.3 Å². The molecule has 208 valence electrons. The summed E-state index contributed by atoms with van der Waals surface area (Å²) in [7, 11) is 0. The minimum Gasteiger partial charge on any atom is -0.373 e. The topological polar surface area (TPSA) is 124 Å². The van der Waals surface area contributed by atoms with E-state index < -0.39 is 12.0 Å². The maximum absolute atomic E-state index is 13.9. The number of allylic oxidation sites excluding steroid dienone is 1. The van der Waals surface area contributed by atoms with Crippen LogP contribution in [-0.4, -0.2) is 88.2 Å². The quantitative estimate of drug-likeness (QED) is 0.406. The van der Waals surface area contributed by atoms with E-state index in [1.54, 1.807) is 6.07 Å². The van der Waals surface area contributed by atoms with Crippen molar-refractivity contribution in [1.29, 1.82) is 5.26 Å². The molecule has 0 radical (unpaired) electrons. The summed E-state index contributed by atoms with van der Waals surface area (Å²) >= 11 is 0. The van der Waals surface area contributed by atoms with Gasteiger partial charge in [0.15, 0.2) is 6.23 Å². The maximum Gasteiger partial charge on any atom is 0.327 e. The number of hydrazine groups is 1. The number of fused-ring (bicyclic) bond motifs is 1. The fraction of sp³-hybridized carbons (Fsp3) is 0.519. The molecule has 5 rings (SSSR count). The highest BCUT2D eigenvalue weighted by Gasteiger charge is 2.45. The monoisotopic (exact) mass is 539 g/mol. The standard InChI is InChI=1S/C27H34FN7O4/c1-17(2)34-24-8-7-20(11-22(24)26(36)33(27(34)37)14-18-3-4-18)30-16-32-9-10-39-25(15-32)35(38)31-21-6-5-19(13-29)23(28)12-21/h5-7,11-12,17-18,24-25,30-31,38H,3-4,8-10,14-16H2,1-2H3. The van der Waals surface area contributed by atoms with Gasteiger partial charge in [-0.3, -0.25) is 25.2 Å². The van der Waals surface area contributed by atoms with Gasteiger partial charge in [0, 0.05) is 36.9 Å². The molecule has 12 heteroatoms. The van der Waals surface area contributed by atoms with Crippen LogP contribution in [0, 0.1) is 23.1 Å². The second-order valence-corrected chi connectivity index (χ2v) is 10.7. The third-order valence-electron chi connectivity index (χ3n) is 7.45. The average Bonchev–Trinajstić information content (AvgIpc) is 3.74. The first kappa shape index (κ1) is 27.1. The van der Waals surface area contributed by atoms with Crippen molar-refractivity contribution in [3.8, 4) is 6.07 Å². The number of imide groups is 1. The Hall–Kier alpha value is -3.50. The Kier molecular flexibility index (Phi) is 7.86. The number of halogens is 1. The maximum atomic E-state index is 13.9. The summed E-state index contributed by atoms with van der Waals surface area (Å²) in [4.78, 5) is 31.8. The fourth-order valence-corrected chi connectivity index (χ4v) is 5.15. The molecule has 3 amide bonds. The number of carbonyl (C=O) groups excluding carboxylic acids is 2. The minimum absolute atomic E-state index is 0.0234. The number of nitriles is 1. The van der Waals surface area contributed by atoms with Crippen LogP contribution in [0.1, 0.15) is 38.7 Å². The van der Waals surface area contributed by atoms with Crippen LogP contribution in [0.15, 0.2) is 41.6 Å². The van der Waals surface area contributed by atoms with E-state index in [1.165, 1.54) is 17.0 Å². The number of ether oxygens (including phenoxy) is 1. The number of rotatable bonds is 9. The molecular formula is C27H34FN7O4. The third kappa shape index (κ3) is 5.91. The average molecular weight is 540 g/mol. The highest BCUT2D eigenvalue weighted by molar-refractivity contribution is 6.08. The zero-order chi connectivity index (χ0) is 27.7. The SMILES string of the molecule is CC(C)N1C(=O)N(CC2CC2)C(=O)C2=CC(NCN3CCOC(N(O)Nc4ccc(C#N)c(F)c4)C3)=CCC21. The van der Waals surface area contributed by atoms with Crippen LogP contribution in [0.5, 0.6) is 0 Å². The molecule has 2 aliphatic carbocycles. The highest BCUT2D eigenvalue weighted by atomic mass is 19.1. The van der Waals surface area contributed by atoms with Crippen LogP contribution >= 0.6 is 0 Å². The van der Waals surface area contributed by atoms with Gasteiger partial charge in [0.25, 0.3) is 5.91 Å². The Bertz CT molecular complexity index is 1220. The van der Waals surface area contributed by atoms with Crippen LogP contribution in [0.4, 0.5) is 14.9 Å². The van der Waals surface area contributed by atoms with Crippen LogP contribution in [0.25, 0.3) is 0 Å². The van der Waals surface area contributed by atoms with Gasteiger partial charge in [0.2, 0.25) is 0 Å². The van der Waals surface area contributed by atoms with Crippen LogP contribution < -0.4 is 10.7 Å². The van der Waals surface area contributed by atoms with Gasteiger partial charge < -0.3 is 15.0 Å². The predicted octanol–water partition coefficient (Wildman–Crippen LogP) is 2.59. The molecule has 2 unspecified atom stereocenters. The van der Waals surface area contributed by atoms with Gasteiger partial charge in [-0.1, -0.05) is 11.2 Å². The zero-order valence-electron chi connectivity index (χ0n) is 22.1. The van der Waals surface area contributed by atoms with Crippen molar-refractivity contribution in [3.05, 3.63) is 53.0 Å². The first-order valence-corrected chi connectivity index (χ1v) is 13.3. The lowest BCUT2D eigenvalue weighted by Gasteiger charge is -2.45. The van der Waals surface area contributed by atoms with Gasteiger partial charge in [-0.05, 0) is 63.3 Å². The van der Waals surface area contributed by atoms with Crippen LogP contribution in [-0.2, 0) is 9.53 Å². The number of nitrogens with one attached hydrogen (secondary N) is 2. The van der Waals surface area contributed by atoms with E-state index >= 15 is 0 Å². The van der Waals surface area contributed by atoms with E-state index in [9.17, 15) is 19.2 Å². The van der Waals surface area contributed by atoms with Gasteiger partial charge in [-0.15, -0.1) is 0 Å². The van der Waals surface area contributed by atoms with Crippen molar-refractivity contribution in [2.24, 2.45) is 5.92 Å². The van der Waals surface area contributed by atoms with E-state index in [2.05, 4.69) is 15.6 Å². The number of urea groups is 1. The summed E-state index contributed by atoms with van der Waals surface area (Å²) in [5.41, 5.74) is 4.32. The molecule has 3 fully saturated rings. The van der Waals surface area contributed by atoms with E-state index in [0.717, 1.165) is 29.8 Å². The molecular weight excluding hydrogens is 505 g/mol. The molecule has 2 aliphatic heterocycles. The number of anilines is 1. The van der Waals surface area contributed by atoms with Gasteiger partial charge in [-0.2, -0.15) is 5.26 Å². The number of nitrogens with zero attached hydrogens (tertiary/aromatic N) is 5. The van der Waals surface area contributed by atoms with E-state index in [0.29, 0.717) is 50.8 Å². The molecule has 0 spiro atoms. The molecule has 1 saturated carbocycles. The number of morpholine rings is 1. The second-order valence-electron chi connectivity index (χ2n) is 10.7. The molecule has 4 aliphatic rings. The number of amides is 3. The molecule has 2 atom stereocenters. The molecule has 39 heavy (non-hydrogen) atoms. The summed E-state index contributed by atoms with van der Waals surface area (Å²) in [6.45, 7) is 6.23. The van der Waals surface area contributed by atoms with Gasteiger partial charge >= 0.3 is 6.03 Å². The van der Waals surface area contributed by atoms with Crippen molar-refractivity contribution in [1.82, 2.24) is 25.2 Å². The van der Waals surface area contributed by atoms with Crippen LogP contribution in [0.3, 0.4) is 0 Å². The Morgan fingerprint density at radius 2 is 2.10 bits per heavy atom. The lowest BCUT2D eigenvalue weighted by atomic mass is 9.91. The number of hydrogen-bond acceptors (Lipinski definition) is 9. The van der Waals surface area contributed by atoms with Crippen molar-refractivity contribution < 1.29 is 23.9 Å². The molecule has 1 aromatic carbocycles. The van der Waals surface area contributed by atoms with Gasteiger partial charge in [0.1, 0.15) is 11.9 Å². The normalized spacial score (nSPS) is 23.9. The van der Waals surface area contributed by atoms with E-state index in [1.807, 2.05) is 30.9 Å². The summed E-state index contributed by atoms with van der Waals surface area (Å²) in [5.74, 6) is -0.475. The Labute approximate surface area is 227 Å². The fourth-order valence-electron chi connectivity index (χ4n) is 5.15. The zero-order valence-corrected chi connectivity index (χ0v) is 22.1. The molecule has 0 aromatic heterocycles. The summed E-state index contributed by atoms with van der Waals surface area (Å²) in [6, 6.07) is 5.24. The van der Waals surface area contributed by atoms with Gasteiger partial charge in [0.05, 0.1) is 30.6 Å². The summed E-state index contributed by atoms with van der Waals surface area (Å²) in [6.07, 6.45) is 5.82.